The van der Waals surface area contributed by atoms with Gasteiger partial charge in [0.1, 0.15) is 11.4 Å². The van der Waals surface area contributed by atoms with Gasteiger partial charge in [0.15, 0.2) is 0 Å². The summed E-state index contributed by atoms with van der Waals surface area (Å²) in [5, 5.41) is 10.4. The fourth-order valence-corrected chi connectivity index (χ4v) is 2.65. The van der Waals surface area contributed by atoms with Crippen molar-refractivity contribution in [1.29, 1.82) is 0 Å². The summed E-state index contributed by atoms with van der Waals surface area (Å²) in [7, 11) is 0. The van der Waals surface area contributed by atoms with E-state index in [-0.39, 0.29) is 17.3 Å². The van der Waals surface area contributed by atoms with Gasteiger partial charge < -0.3 is 5.11 Å². The Morgan fingerprint density at radius 3 is 2.77 bits per heavy atom. The van der Waals surface area contributed by atoms with Crippen LogP contribution in [0.4, 0.5) is 4.39 Å². The van der Waals surface area contributed by atoms with Crippen molar-refractivity contribution in [2.24, 2.45) is 4.99 Å². The molecule has 7 heteroatoms. The zero-order valence-electron chi connectivity index (χ0n) is 15.0. The van der Waals surface area contributed by atoms with Crippen LogP contribution in [0.3, 0.4) is 0 Å². The molecule has 1 heterocycles. The molecule has 1 atom stereocenters. The van der Waals surface area contributed by atoms with Crippen molar-refractivity contribution in [2.75, 3.05) is 0 Å². The number of benzene rings is 1. The van der Waals surface area contributed by atoms with E-state index in [4.69, 9.17) is 0 Å². The van der Waals surface area contributed by atoms with Gasteiger partial charge in [0.05, 0.1) is 5.69 Å². The molecule has 6 nitrogen and oxygen atoms in total. The fraction of sp³-hybridized carbons (Fsp3) is 0.421. The first-order valence-electron chi connectivity index (χ1n) is 8.81. The molecule has 1 aromatic heterocycles. The molecule has 0 fully saturated rings. The number of rotatable bonds is 8. The minimum atomic E-state index is -0.845. The van der Waals surface area contributed by atoms with Gasteiger partial charge in [0, 0.05) is 12.3 Å². The molecule has 2 aromatic rings. The molecular weight excluding hydrogens is 337 g/mol. The molecule has 0 amide bonds. The summed E-state index contributed by atoms with van der Waals surface area (Å²) < 4.78 is 14.3. The topological polar surface area (TPSA) is 87.4 Å². The standard InChI is InChI=1S/C19H24FN3O3/c1-3-4-5-6-8-13(2)21-12-16-17(24)22-19(26)23(18(16)25)15-10-7-9-14(20)11-15/h7,9-13,25H,3-6,8H2,1-2H3,(H,22,24,26)/t13-/m1/s1. The second-order valence-corrected chi connectivity index (χ2v) is 6.29. The first-order valence-corrected chi connectivity index (χ1v) is 8.81. The molecule has 0 saturated carbocycles. The Morgan fingerprint density at radius 1 is 1.31 bits per heavy atom. The highest BCUT2D eigenvalue weighted by atomic mass is 19.1. The van der Waals surface area contributed by atoms with Gasteiger partial charge in [-0.05, 0) is 31.5 Å². The minimum absolute atomic E-state index is 0.0137. The molecule has 2 rings (SSSR count). The lowest BCUT2D eigenvalue weighted by molar-refractivity contribution is 0.429. The summed E-state index contributed by atoms with van der Waals surface area (Å²) in [6.45, 7) is 4.07. The number of H-pyrrole nitrogens is 1. The summed E-state index contributed by atoms with van der Waals surface area (Å²) in [6, 6.07) is 5.17. The number of halogens is 1. The average Bonchev–Trinajstić information content (AvgIpc) is 2.58. The fourth-order valence-electron chi connectivity index (χ4n) is 2.65. The van der Waals surface area contributed by atoms with Crippen molar-refractivity contribution >= 4 is 6.21 Å². The maximum Gasteiger partial charge on any atom is 0.335 e. The zero-order valence-corrected chi connectivity index (χ0v) is 15.0. The molecule has 0 radical (unpaired) electrons. The predicted molar refractivity (Wildman–Crippen MR) is 100 cm³/mol. The van der Waals surface area contributed by atoms with Gasteiger partial charge in [-0.25, -0.2) is 13.8 Å². The van der Waals surface area contributed by atoms with Crippen LogP contribution in [-0.4, -0.2) is 26.9 Å². The predicted octanol–water partition coefficient (Wildman–Crippen LogP) is 3.15. The van der Waals surface area contributed by atoms with Crippen LogP contribution in [0.15, 0.2) is 38.8 Å². The lowest BCUT2D eigenvalue weighted by atomic mass is 10.1. The van der Waals surface area contributed by atoms with Crippen LogP contribution in [-0.2, 0) is 0 Å². The third-order valence-corrected chi connectivity index (χ3v) is 4.12. The second kappa shape index (κ2) is 9.12. The number of nitrogens with one attached hydrogen (secondary N) is 1. The number of aliphatic imine (C=N–C) groups is 1. The van der Waals surface area contributed by atoms with Crippen LogP contribution in [0.5, 0.6) is 5.88 Å². The maximum absolute atomic E-state index is 13.4. The van der Waals surface area contributed by atoms with E-state index in [0.29, 0.717) is 0 Å². The molecule has 0 spiro atoms. The number of hydrogen-bond acceptors (Lipinski definition) is 4. The van der Waals surface area contributed by atoms with Crippen LogP contribution >= 0.6 is 0 Å². The molecule has 0 unspecified atom stereocenters. The molecule has 0 bridgehead atoms. The summed E-state index contributed by atoms with van der Waals surface area (Å²) in [5.74, 6) is -1.12. The summed E-state index contributed by atoms with van der Waals surface area (Å²) in [4.78, 5) is 30.5. The molecule has 140 valence electrons. The smallest absolute Gasteiger partial charge is 0.335 e. The molecule has 0 aliphatic carbocycles. The Bertz CT molecular complexity index is 886. The Kier molecular flexibility index (Phi) is 6.89. The van der Waals surface area contributed by atoms with Crippen molar-refractivity contribution < 1.29 is 9.50 Å². The van der Waals surface area contributed by atoms with E-state index in [9.17, 15) is 19.1 Å². The Morgan fingerprint density at radius 2 is 2.08 bits per heavy atom. The number of hydrogen-bond donors (Lipinski definition) is 2. The number of aromatic amines is 1. The average molecular weight is 361 g/mol. The maximum atomic E-state index is 13.4. The van der Waals surface area contributed by atoms with Gasteiger partial charge in [-0.15, -0.1) is 0 Å². The molecule has 0 aliphatic rings. The lowest BCUT2D eigenvalue weighted by Gasteiger charge is -2.10. The number of aromatic nitrogens is 2. The van der Waals surface area contributed by atoms with Crippen LogP contribution in [0.25, 0.3) is 5.69 Å². The second-order valence-electron chi connectivity index (χ2n) is 6.29. The molecule has 2 N–H and O–H groups in total. The Hall–Kier alpha value is -2.70. The highest BCUT2D eigenvalue weighted by Gasteiger charge is 2.14. The molecular formula is C19H24FN3O3. The molecule has 1 aromatic carbocycles. The van der Waals surface area contributed by atoms with Crippen molar-refractivity contribution in [3.63, 3.8) is 0 Å². The monoisotopic (exact) mass is 361 g/mol. The van der Waals surface area contributed by atoms with Crippen LogP contribution in [0, 0.1) is 5.82 Å². The van der Waals surface area contributed by atoms with Crippen molar-refractivity contribution in [1.82, 2.24) is 9.55 Å². The van der Waals surface area contributed by atoms with Gasteiger partial charge in [-0.2, -0.15) is 0 Å². The number of aromatic hydroxyl groups is 1. The van der Waals surface area contributed by atoms with Gasteiger partial charge >= 0.3 is 5.69 Å². The third-order valence-electron chi connectivity index (χ3n) is 4.12. The largest absolute Gasteiger partial charge is 0.493 e. The van der Waals surface area contributed by atoms with Gasteiger partial charge in [-0.1, -0.05) is 38.7 Å². The van der Waals surface area contributed by atoms with Crippen molar-refractivity contribution in [3.05, 3.63) is 56.5 Å². The van der Waals surface area contributed by atoms with Gasteiger partial charge in [-0.3, -0.25) is 14.8 Å². The Labute approximate surface area is 151 Å². The zero-order chi connectivity index (χ0) is 19.1. The van der Waals surface area contributed by atoms with Crippen molar-refractivity contribution in [3.8, 4) is 11.6 Å². The lowest BCUT2D eigenvalue weighted by Crippen LogP contribution is -2.31. The third kappa shape index (κ3) is 4.91. The van der Waals surface area contributed by atoms with Crippen molar-refractivity contribution in [2.45, 2.75) is 52.0 Å². The van der Waals surface area contributed by atoms with E-state index in [0.717, 1.165) is 36.3 Å². The summed E-state index contributed by atoms with van der Waals surface area (Å²) in [6.07, 6.45) is 6.65. The number of nitrogens with zero attached hydrogens (tertiary/aromatic N) is 2. The van der Waals surface area contributed by atoms with Gasteiger partial charge in [0.2, 0.25) is 5.88 Å². The minimum Gasteiger partial charge on any atom is -0.493 e. The molecule has 0 aliphatic heterocycles. The van der Waals surface area contributed by atoms with E-state index >= 15 is 0 Å². The highest BCUT2D eigenvalue weighted by molar-refractivity contribution is 5.82. The summed E-state index contributed by atoms with van der Waals surface area (Å²) >= 11 is 0. The van der Waals surface area contributed by atoms with Crippen LogP contribution in [0.1, 0.15) is 51.5 Å². The Balaban J connectivity index is 2.30. The van der Waals surface area contributed by atoms with E-state index in [1.165, 1.54) is 30.8 Å². The molecule has 26 heavy (non-hydrogen) atoms. The summed E-state index contributed by atoms with van der Waals surface area (Å²) in [5.41, 5.74) is -1.59. The molecule has 0 saturated heterocycles. The van der Waals surface area contributed by atoms with Gasteiger partial charge in [0.25, 0.3) is 5.56 Å². The first kappa shape index (κ1) is 19.6. The highest BCUT2D eigenvalue weighted by Crippen LogP contribution is 2.16. The SMILES string of the molecule is CCCCCC[C@@H](C)N=Cc1c(O)n(-c2cccc(F)c2)c(=O)[nH]c1=O. The first-order chi connectivity index (χ1) is 12.4. The van der Waals surface area contributed by atoms with Crippen LogP contribution in [0.2, 0.25) is 0 Å². The normalized spacial score (nSPS) is 12.6. The van der Waals surface area contributed by atoms with Crippen LogP contribution < -0.4 is 11.2 Å². The van der Waals surface area contributed by atoms with E-state index < -0.39 is 22.9 Å². The van der Waals surface area contributed by atoms with E-state index in [1.54, 1.807) is 0 Å². The number of unbranched alkanes of at least 4 members (excludes halogenated alkanes) is 3. The quantitative estimate of drug-likeness (QED) is 0.559. The van der Waals surface area contributed by atoms with E-state index in [1.807, 2.05) is 6.92 Å². The van der Waals surface area contributed by atoms with E-state index in [2.05, 4.69) is 16.9 Å².